The molecule has 2 amide bonds. The Labute approximate surface area is 139 Å². The molecule has 1 aromatic heterocycles. The van der Waals surface area contributed by atoms with Crippen LogP contribution >= 0.6 is 0 Å². The molecule has 5 heteroatoms. The Morgan fingerprint density at radius 3 is 2.33 bits per heavy atom. The number of rotatable bonds is 3. The Kier molecular flexibility index (Phi) is 4.24. The average Bonchev–Trinajstić information content (AvgIpc) is 2.61. The first-order valence-electron chi connectivity index (χ1n) is 7.53. The molecular weight excluding hydrogens is 302 g/mol. The van der Waals surface area contributed by atoms with Crippen LogP contribution in [0.2, 0.25) is 0 Å². The number of fused-ring (bicyclic) bond motifs is 1. The van der Waals surface area contributed by atoms with Crippen LogP contribution in [-0.2, 0) is 0 Å². The van der Waals surface area contributed by atoms with Crippen LogP contribution in [0, 0.1) is 0 Å². The Morgan fingerprint density at radius 1 is 0.917 bits per heavy atom. The molecule has 0 aliphatic carbocycles. The van der Waals surface area contributed by atoms with Crippen LogP contribution in [0.5, 0.6) is 0 Å². The lowest BCUT2D eigenvalue weighted by atomic mass is 10.1. The normalized spacial score (nSPS) is 10.4. The molecule has 0 fully saturated rings. The van der Waals surface area contributed by atoms with Crippen LogP contribution in [0.1, 0.15) is 20.8 Å². The smallest absolute Gasteiger partial charge is 0.274 e. The van der Waals surface area contributed by atoms with Crippen molar-refractivity contribution in [3.63, 3.8) is 0 Å². The molecule has 0 aliphatic rings. The van der Waals surface area contributed by atoms with E-state index in [1.54, 1.807) is 44.4 Å². The van der Waals surface area contributed by atoms with E-state index >= 15 is 0 Å². The number of carbonyl (C=O) groups excluding carboxylic acids is 2. The van der Waals surface area contributed by atoms with Gasteiger partial charge in [-0.3, -0.25) is 9.59 Å². The first kappa shape index (κ1) is 15.7. The molecule has 0 atom stereocenters. The van der Waals surface area contributed by atoms with Crippen molar-refractivity contribution in [2.45, 2.75) is 0 Å². The number of benzene rings is 2. The highest BCUT2D eigenvalue weighted by molar-refractivity contribution is 6.04. The summed E-state index contributed by atoms with van der Waals surface area (Å²) in [6.45, 7) is 0. The van der Waals surface area contributed by atoms with Crippen LogP contribution in [0.4, 0.5) is 5.69 Å². The predicted octanol–water partition coefficient (Wildman–Crippen LogP) is 3.19. The minimum Gasteiger partial charge on any atom is -0.345 e. The molecule has 3 aromatic rings. The summed E-state index contributed by atoms with van der Waals surface area (Å²) in [4.78, 5) is 30.1. The van der Waals surface area contributed by atoms with Crippen molar-refractivity contribution in [1.29, 1.82) is 0 Å². The first-order valence-corrected chi connectivity index (χ1v) is 7.53. The molecule has 0 unspecified atom stereocenters. The number of pyridine rings is 1. The third-order valence-corrected chi connectivity index (χ3v) is 3.63. The van der Waals surface area contributed by atoms with Crippen LogP contribution in [-0.4, -0.2) is 35.8 Å². The topological polar surface area (TPSA) is 62.3 Å². The maximum atomic E-state index is 12.3. The number of nitrogens with zero attached hydrogens (tertiary/aromatic N) is 2. The van der Waals surface area contributed by atoms with Gasteiger partial charge in [0.2, 0.25) is 0 Å². The van der Waals surface area contributed by atoms with Gasteiger partial charge in [0.05, 0.1) is 5.52 Å². The van der Waals surface area contributed by atoms with Gasteiger partial charge in [-0.15, -0.1) is 0 Å². The Morgan fingerprint density at radius 2 is 1.62 bits per heavy atom. The molecule has 120 valence electrons. The summed E-state index contributed by atoms with van der Waals surface area (Å²) >= 11 is 0. The van der Waals surface area contributed by atoms with Crippen molar-refractivity contribution in [3.05, 3.63) is 71.9 Å². The molecule has 0 spiro atoms. The predicted molar refractivity (Wildman–Crippen MR) is 94.2 cm³/mol. The van der Waals surface area contributed by atoms with Gasteiger partial charge in [0, 0.05) is 30.7 Å². The SMILES string of the molecule is CN(C)C(=O)c1ccc(NC(=O)c2ccc3ccccc3n2)cc1. The molecular formula is C19H17N3O2. The first-order chi connectivity index (χ1) is 11.5. The maximum absolute atomic E-state index is 12.3. The number of amides is 2. The molecule has 0 bridgehead atoms. The van der Waals surface area contributed by atoms with E-state index in [1.807, 2.05) is 30.3 Å². The number of hydrogen-bond donors (Lipinski definition) is 1. The standard InChI is InChI=1S/C19H17N3O2/c1-22(2)19(24)14-7-10-15(11-8-14)20-18(23)17-12-9-13-5-3-4-6-16(13)21-17/h3-12H,1-2H3,(H,20,23). The minimum absolute atomic E-state index is 0.0796. The number of hydrogen-bond acceptors (Lipinski definition) is 3. The van der Waals surface area contributed by atoms with Gasteiger partial charge in [-0.25, -0.2) is 4.98 Å². The van der Waals surface area contributed by atoms with Gasteiger partial charge in [-0.2, -0.15) is 0 Å². The lowest BCUT2D eigenvalue weighted by molar-refractivity contribution is 0.0827. The molecule has 0 saturated heterocycles. The maximum Gasteiger partial charge on any atom is 0.274 e. The molecule has 2 aromatic carbocycles. The van der Waals surface area contributed by atoms with Gasteiger partial charge in [-0.05, 0) is 36.4 Å². The summed E-state index contributed by atoms with van der Waals surface area (Å²) in [7, 11) is 3.40. The third kappa shape index (κ3) is 3.25. The van der Waals surface area contributed by atoms with Crippen LogP contribution in [0.15, 0.2) is 60.7 Å². The zero-order valence-corrected chi connectivity index (χ0v) is 13.5. The highest BCUT2D eigenvalue weighted by Crippen LogP contribution is 2.15. The van der Waals surface area contributed by atoms with Gasteiger partial charge in [0.15, 0.2) is 0 Å². The van der Waals surface area contributed by atoms with E-state index in [1.165, 1.54) is 4.90 Å². The van der Waals surface area contributed by atoms with E-state index in [2.05, 4.69) is 10.3 Å². The number of para-hydroxylation sites is 1. The van der Waals surface area contributed by atoms with E-state index < -0.39 is 0 Å². The quantitative estimate of drug-likeness (QED) is 0.806. The van der Waals surface area contributed by atoms with Crippen molar-refractivity contribution in [3.8, 4) is 0 Å². The lowest BCUT2D eigenvalue weighted by Crippen LogP contribution is -2.21. The van der Waals surface area contributed by atoms with Gasteiger partial charge in [-0.1, -0.05) is 24.3 Å². The van der Waals surface area contributed by atoms with Gasteiger partial charge in [0.1, 0.15) is 5.69 Å². The van der Waals surface area contributed by atoms with Crippen molar-refractivity contribution in [1.82, 2.24) is 9.88 Å². The van der Waals surface area contributed by atoms with Crippen LogP contribution in [0.25, 0.3) is 10.9 Å². The third-order valence-electron chi connectivity index (χ3n) is 3.63. The Hall–Kier alpha value is -3.21. The zero-order valence-electron chi connectivity index (χ0n) is 13.5. The fourth-order valence-corrected chi connectivity index (χ4v) is 2.34. The highest BCUT2D eigenvalue weighted by Gasteiger charge is 2.10. The Balaban J connectivity index is 1.77. The molecule has 0 radical (unpaired) electrons. The molecule has 24 heavy (non-hydrogen) atoms. The average molecular weight is 319 g/mol. The number of nitrogens with one attached hydrogen (secondary N) is 1. The van der Waals surface area contributed by atoms with E-state index in [0.29, 0.717) is 16.9 Å². The molecule has 1 heterocycles. The zero-order chi connectivity index (χ0) is 17.1. The number of aromatic nitrogens is 1. The second-order valence-corrected chi connectivity index (χ2v) is 5.62. The van der Waals surface area contributed by atoms with E-state index in [4.69, 9.17) is 0 Å². The molecule has 1 N–H and O–H groups in total. The van der Waals surface area contributed by atoms with Crippen LogP contribution in [0.3, 0.4) is 0 Å². The second-order valence-electron chi connectivity index (χ2n) is 5.62. The van der Waals surface area contributed by atoms with E-state index in [-0.39, 0.29) is 11.8 Å². The summed E-state index contributed by atoms with van der Waals surface area (Å²) in [5, 5.41) is 3.78. The molecule has 0 saturated carbocycles. The summed E-state index contributed by atoms with van der Waals surface area (Å²) in [6.07, 6.45) is 0. The van der Waals surface area contributed by atoms with Crippen molar-refractivity contribution >= 4 is 28.4 Å². The van der Waals surface area contributed by atoms with E-state index in [0.717, 1.165) is 10.9 Å². The minimum atomic E-state index is -0.285. The largest absolute Gasteiger partial charge is 0.345 e. The Bertz CT molecular complexity index is 902. The van der Waals surface area contributed by atoms with Crippen molar-refractivity contribution in [2.24, 2.45) is 0 Å². The number of anilines is 1. The van der Waals surface area contributed by atoms with Gasteiger partial charge >= 0.3 is 0 Å². The monoisotopic (exact) mass is 319 g/mol. The fourth-order valence-electron chi connectivity index (χ4n) is 2.34. The fraction of sp³-hybridized carbons (Fsp3) is 0.105. The molecule has 5 nitrogen and oxygen atoms in total. The lowest BCUT2D eigenvalue weighted by Gasteiger charge is -2.11. The summed E-state index contributed by atoms with van der Waals surface area (Å²) in [6, 6.07) is 18.0. The summed E-state index contributed by atoms with van der Waals surface area (Å²) in [5.41, 5.74) is 2.31. The van der Waals surface area contributed by atoms with Crippen molar-refractivity contribution in [2.75, 3.05) is 19.4 Å². The molecule has 3 rings (SSSR count). The molecule has 0 aliphatic heterocycles. The van der Waals surface area contributed by atoms with Gasteiger partial charge in [0.25, 0.3) is 11.8 Å². The van der Waals surface area contributed by atoms with Crippen LogP contribution < -0.4 is 5.32 Å². The summed E-state index contributed by atoms with van der Waals surface area (Å²) in [5.74, 6) is -0.364. The van der Waals surface area contributed by atoms with E-state index in [9.17, 15) is 9.59 Å². The number of carbonyl (C=O) groups is 2. The van der Waals surface area contributed by atoms with Gasteiger partial charge < -0.3 is 10.2 Å². The second kappa shape index (κ2) is 6.50. The summed E-state index contributed by atoms with van der Waals surface area (Å²) < 4.78 is 0. The highest BCUT2D eigenvalue weighted by atomic mass is 16.2. The van der Waals surface area contributed by atoms with Crippen molar-refractivity contribution < 1.29 is 9.59 Å².